The summed E-state index contributed by atoms with van der Waals surface area (Å²) in [5.41, 5.74) is 2.38. The van der Waals surface area contributed by atoms with Crippen molar-refractivity contribution in [1.29, 1.82) is 5.26 Å². The van der Waals surface area contributed by atoms with E-state index in [2.05, 4.69) is 26.8 Å². The zero-order valence-corrected chi connectivity index (χ0v) is 19.4. The second-order valence-electron chi connectivity index (χ2n) is 7.40. The van der Waals surface area contributed by atoms with Crippen molar-refractivity contribution in [2.24, 2.45) is 7.05 Å². The average Bonchev–Trinajstić information content (AvgIpc) is 3.28. The molecule has 0 saturated carbocycles. The number of nitrogens with zero attached hydrogens (tertiary/aromatic N) is 6. The van der Waals surface area contributed by atoms with Gasteiger partial charge in [0, 0.05) is 36.6 Å². The van der Waals surface area contributed by atoms with E-state index in [9.17, 15) is 4.79 Å². The second kappa shape index (κ2) is 10.5. The molecule has 0 unspecified atom stereocenters. The van der Waals surface area contributed by atoms with Crippen LogP contribution in [0.1, 0.15) is 5.56 Å². The number of ether oxygens (including phenoxy) is 1. The maximum absolute atomic E-state index is 12.7. The number of rotatable bonds is 6. The summed E-state index contributed by atoms with van der Waals surface area (Å²) in [7, 11) is 1.78. The largest absolute Gasteiger partial charge is 0.439 e. The zero-order valence-electron chi connectivity index (χ0n) is 18.7. The van der Waals surface area contributed by atoms with Crippen molar-refractivity contribution in [1.82, 2.24) is 24.1 Å². The van der Waals surface area contributed by atoms with Crippen LogP contribution in [0.25, 0.3) is 11.2 Å². The minimum absolute atomic E-state index is 0.352. The van der Waals surface area contributed by atoms with Crippen LogP contribution >= 0.6 is 11.6 Å². The van der Waals surface area contributed by atoms with E-state index in [0.29, 0.717) is 40.3 Å². The van der Waals surface area contributed by atoms with Crippen LogP contribution in [0, 0.1) is 11.8 Å². The molecule has 0 atom stereocenters. The molecule has 10 heteroatoms. The number of pyridine rings is 1. The Kier molecular flexibility index (Phi) is 7.04. The Morgan fingerprint density at radius 1 is 1.03 bits per heavy atom. The Labute approximate surface area is 205 Å². The number of fused-ring (bicyclic) bond motifs is 1. The summed E-state index contributed by atoms with van der Waals surface area (Å²) >= 11 is 6.03. The van der Waals surface area contributed by atoms with Gasteiger partial charge >= 0.3 is 5.56 Å². The normalized spacial score (nSPS) is 10.4. The summed E-state index contributed by atoms with van der Waals surface area (Å²) in [5, 5.41) is 10.4. The van der Waals surface area contributed by atoms with E-state index in [1.165, 1.54) is 0 Å². The van der Waals surface area contributed by atoms with Crippen LogP contribution in [-0.2, 0) is 13.6 Å². The Balaban J connectivity index is 0.00000141. The predicted octanol–water partition coefficient (Wildman–Crippen LogP) is 4.90. The number of hydrogen-bond donors (Lipinski definition) is 1. The summed E-state index contributed by atoms with van der Waals surface area (Å²) in [6, 6.07) is 20.3. The smallest absolute Gasteiger partial charge is 0.300 e. The molecule has 2 aromatic carbocycles. The number of aromatic nitrogens is 5. The van der Waals surface area contributed by atoms with Crippen LogP contribution in [0.5, 0.6) is 11.6 Å². The first-order valence-electron chi connectivity index (χ1n) is 10.4. The van der Waals surface area contributed by atoms with E-state index < -0.39 is 0 Å². The highest BCUT2D eigenvalue weighted by molar-refractivity contribution is 6.30. The van der Waals surface area contributed by atoms with Gasteiger partial charge in [-0.3, -0.25) is 9.36 Å². The first-order chi connectivity index (χ1) is 17.1. The van der Waals surface area contributed by atoms with E-state index in [1.807, 2.05) is 65.2 Å². The molecule has 0 fully saturated rings. The Morgan fingerprint density at radius 3 is 2.46 bits per heavy atom. The fraction of sp³-hybridized carbons (Fsp3) is 0.0800. The van der Waals surface area contributed by atoms with Gasteiger partial charge in [-0.25, -0.2) is 15.2 Å². The fourth-order valence-electron chi connectivity index (χ4n) is 3.45. The quantitative estimate of drug-likeness (QED) is 0.364. The number of benzene rings is 2. The van der Waals surface area contributed by atoms with E-state index >= 15 is 0 Å². The van der Waals surface area contributed by atoms with Crippen LogP contribution in [0.2, 0.25) is 5.02 Å². The minimum Gasteiger partial charge on any atom is -0.439 e. The molecule has 5 rings (SSSR count). The Bertz CT molecular complexity index is 1510. The summed E-state index contributed by atoms with van der Waals surface area (Å²) in [6.45, 7) is 3.96. The van der Waals surface area contributed by atoms with Gasteiger partial charge in [-0.15, -0.1) is 0 Å². The molecule has 1 N–H and O–H groups in total. The lowest BCUT2D eigenvalue weighted by Crippen LogP contribution is -2.19. The van der Waals surface area contributed by atoms with Crippen molar-refractivity contribution >= 4 is 34.4 Å². The predicted molar refractivity (Wildman–Crippen MR) is 134 cm³/mol. The van der Waals surface area contributed by atoms with Crippen molar-refractivity contribution in [2.75, 3.05) is 5.32 Å². The average molecular weight is 486 g/mol. The van der Waals surface area contributed by atoms with Gasteiger partial charge in [0.2, 0.25) is 11.8 Å². The standard InChI is InChI=1S/C24H19ClN6O2.CHN/c1-30-15-27-22-21(30)23(32)29-24(31(22)14-16-5-7-17(25)8-6-16)28-18-9-11-19(12-10-18)33-20-4-2-3-13-26-20;1-2/h2-13,15H,14H2,1H3,(H,28,29,32);1H. The number of imidazole rings is 1. The third-order valence-electron chi connectivity index (χ3n) is 5.06. The van der Waals surface area contributed by atoms with Crippen molar-refractivity contribution in [2.45, 2.75) is 6.54 Å². The molecule has 3 heterocycles. The Morgan fingerprint density at radius 2 is 1.77 bits per heavy atom. The third kappa shape index (κ3) is 5.29. The molecule has 0 radical (unpaired) electrons. The first-order valence-corrected chi connectivity index (χ1v) is 10.8. The second-order valence-corrected chi connectivity index (χ2v) is 7.84. The van der Waals surface area contributed by atoms with Gasteiger partial charge in [0.25, 0.3) is 0 Å². The Hall–Kier alpha value is -4.68. The number of halogens is 1. The van der Waals surface area contributed by atoms with Crippen LogP contribution in [0.4, 0.5) is 11.6 Å². The van der Waals surface area contributed by atoms with Crippen LogP contribution < -0.4 is 15.6 Å². The lowest BCUT2D eigenvalue weighted by Gasteiger charge is -2.15. The maximum atomic E-state index is 12.7. The molecule has 0 amide bonds. The number of nitriles is 1. The van der Waals surface area contributed by atoms with Crippen molar-refractivity contribution in [3.05, 3.63) is 100 Å². The molecule has 0 saturated heterocycles. The molecule has 3 aromatic heterocycles. The lowest BCUT2D eigenvalue weighted by atomic mass is 10.2. The number of hydrogen-bond acceptors (Lipinski definition) is 7. The van der Waals surface area contributed by atoms with Crippen molar-refractivity contribution in [3.8, 4) is 18.2 Å². The van der Waals surface area contributed by atoms with Gasteiger partial charge in [-0.2, -0.15) is 4.98 Å². The molecule has 35 heavy (non-hydrogen) atoms. The van der Waals surface area contributed by atoms with E-state index in [1.54, 1.807) is 30.2 Å². The summed E-state index contributed by atoms with van der Waals surface area (Å²) < 4.78 is 9.29. The SMILES string of the molecule is C#N.Cn1cnc2c1c(=O)nc(Nc1ccc(Oc3ccccn3)cc1)n2Cc1ccc(Cl)cc1. The molecular weight excluding hydrogens is 466 g/mol. The van der Waals surface area contributed by atoms with Gasteiger partial charge in [0.1, 0.15) is 5.75 Å². The molecule has 0 aliphatic heterocycles. The molecule has 0 aliphatic carbocycles. The van der Waals surface area contributed by atoms with E-state index in [4.69, 9.17) is 21.6 Å². The molecule has 5 aromatic rings. The monoisotopic (exact) mass is 485 g/mol. The molecular formula is C25H20ClN7O2. The topological polar surface area (TPSA) is 111 Å². The molecule has 0 spiro atoms. The third-order valence-corrected chi connectivity index (χ3v) is 5.32. The summed E-state index contributed by atoms with van der Waals surface area (Å²) in [4.78, 5) is 25.6. The lowest BCUT2D eigenvalue weighted by molar-refractivity contribution is 0.463. The van der Waals surface area contributed by atoms with E-state index in [0.717, 1.165) is 11.3 Å². The van der Waals surface area contributed by atoms with Crippen LogP contribution in [0.3, 0.4) is 0 Å². The van der Waals surface area contributed by atoms with Gasteiger partial charge in [0.05, 0.1) is 12.9 Å². The van der Waals surface area contributed by atoms with Crippen LogP contribution in [-0.4, -0.2) is 24.1 Å². The highest BCUT2D eigenvalue weighted by Crippen LogP contribution is 2.24. The van der Waals surface area contributed by atoms with E-state index in [-0.39, 0.29) is 5.56 Å². The first kappa shape index (κ1) is 23.5. The number of nitrogens with one attached hydrogen (secondary N) is 1. The van der Waals surface area contributed by atoms with Crippen molar-refractivity contribution in [3.63, 3.8) is 0 Å². The van der Waals surface area contributed by atoms with Crippen LogP contribution in [0.15, 0.2) is 84.0 Å². The van der Waals surface area contributed by atoms with Gasteiger partial charge in [-0.1, -0.05) is 29.8 Å². The molecule has 0 bridgehead atoms. The van der Waals surface area contributed by atoms with Gasteiger partial charge < -0.3 is 14.6 Å². The summed E-state index contributed by atoms with van der Waals surface area (Å²) in [5.74, 6) is 1.54. The fourth-order valence-corrected chi connectivity index (χ4v) is 3.58. The molecule has 174 valence electrons. The highest BCUT2D eigenvalue weighted by Gasteiger charge is 2.15. The van der Waals surface area contributed by atoms with Gasteiger partial charge in [-0.05, 0) is 48.0 Å². The summed E-state index contributed by atoms with van der Waals surface area (Å²) in [6.07, 6.45) is 3.28. The minimum atomic E-state index is -0.352. The van der Waals surface area contributed by atoms with Gasteiger partial charge in [0.15, 0.2) is 11.2 Å². The molecule has 9 nitrogen and oxygen atoms in total. The maximum Gasteiger partial charge on any atom is 0.300 e. The zero-order chi connectivity index (χ0) is 24.8. The molecule has 0 aliphatic rings. The van der Waals surface area contributed by atoms with Crippen molar-refractivity contribution < 1.29 is 4.74 Å². The highest BCUT2D eigenvalue weighted by atomic mass is 35.5. The number of aryl methyl sites for hydroxylation is 1. The number of anilines is 2.